The summed E-state index contributed by atoms with van der Waals surface area (Å²) >= 11 is 11.7. The lowest BCUT2D eigenvalue weighted by molar-refractivity contribution is 0.0554. The average molecular weight is 326 g/mol. The number of hydrogen-bond acceptors (Lipinski definition) is 3. The van der Waals surface area contributed by atoms with E-state index in [1.807, 2.05) is 6.92 Å². The third kappa shape index (κ3) is 4.61. The highest BCUT2D eigenvalue weighted by Crippen LogP contribution is 2.28. The number of rotatable bonds is 6. The first-order valence-corrected chi connectivity index (χ1v) is 8.09. The van der Waals surface area contributed by atoms with Crippen molar-refractivity contribution >= 4 is 33.2 Å². The van der Waals surface area contributed by atoms with E-state index in [-0.39, 0.29) is 21.5 Å². The van der Waals surface area contributed by atoms with Gasteiger partial charge in [0.25, 0.3) is 0 Å². The van der Waals surface area contributed by atoms with Crippen molar-refractivity contribution in [1.29, 1.82) is 0 Å². The number of halogens is 2. The van der Waals surface area contributed by atoms with Gasteiger partial charge in [-0.1, -0.05) is 42.6 Å². The van der Waals surface area contributed by atoms with Crippen LogP contribution in [0.2, 0.25) is 10.0 Å². The van der Waals surface area contributed by atoms with Crippen LogP contribution in [0.5, 0.6) is 0 Å². The summed E-state index contributed by atoms with van der Waals surface area (Å²) in [7, 11) is -3.79. The van der Waals surface area contributed by atoms with Crippen LogP contribution >= 0.6 is 23.2 Å². The molecule has 0 spiro atoms. The van der Waals surface area contributed by atoms with Crippen LogP contribution in [0, 0.1) is 0 Å². The number of sulfonamides is 1. The lowest BCUT2D eigenvalue weighted by Gasteiger charge is -2.23. The third-order valence-electron chi connectivity index (χ3n) is 2.64. The second kappa shape index (κ2) is 6.41. The largest absolute Gasteiger partial charge is 0.389 e. The molecule has 108 valence electrons. The zero-order valence-corrected chi connectivity index (χ0v) is 13.1. The molecule has 0 aliphatic heterocycles. The molecular formula is C12H17Cl2NO3S. The fraction of sp³-hybridized carbons (Fsp3) is 0.500. The Bertz CT molecular complexity index is 544. The predicted molar refractivity (Wildman–Crippen MR) is 77.2 cm³/mol. The third-order valence-corrected chi connectivity index (χ3v) is 5.01. The maximum atomic E-state index is 12.1. The van der Waals surface area contributed by atoms with Gasteiger partial charge in [-0.25, -0.2) is 13.1 Å². The molecule has 0 radical (unpaired) electrons. The van der Waals surface area contributed by atoms with Crippen LogP contribution in [0.15, 0.2) is 23.1 Å². The standard InChI is InChI=1S/C12H17Cl2NO3S/c1-3-7-12(2,16)8-15-19(17,18)10-6-4-5-9(13)11(10)14/h4-6,15-16H,3,7-8H2,1-2H3. The Morgan fingerprint density at radius 1 is 1.37 bits per heavy atom. The highest BCUT2D eigenvalue weighted by Gasteiger charge is 2.25. The minimum Gasteiger partial charge on any atom is -0.389 e. The van der Waals surface area contributed by atoms with Gasteiger partial charge in [0.05, 0.1) is 15.6 Å². The van der Waals surface area contributed by atoms with Gasteiger partial charge in [-0.05, 0) is 25.5 Å². The van der Waals surface area contributed by atoms with Crippen molar-refractivity contribution in [3.63, 3.8) is 0 Å². The fourth-order valence-corrected chi connectivity index (χ4v) is 3.57. The first-order chi connectivity index (χ1) is 8.69. The van der Waals surface area contributed by atoms with Gasteiger partial charge in [0.15, 0.2) is 0 Å². The molecule has 1 aromatic rings. The summed E-state index contributed by atoms with van der Waals surface area (Å²) in [5, 5.41) is 10.1. The molecular weight excluding hydrogens is 309 g/mol. The molecule has 1 unspecified atom stereocenters. The Morgan fingerprint density at radius 3 is 2.58 bits per heavy atom. The summed E-state index contributed by atoms with van der Waals surface area (Å²) in [6.45, 7) is 3.42. The van der Waals surface area contributed by atoms with Crippen LogP contribution in [0.3, 0.4) is 0 Å². The smallest absolute Gasteiger partial charge is 0.242 e. The Hall–Kier alpha value is -0.330. The summed E-state index contributed by atoms with van der Waals surface area (Å²) in [5.41, 5.74) is -1.09. The summed E-state index contributed by atoms with van der Waals surface area (Å²) < 4.78 is 26.5. The van der Waals surface area contributed by atoms with Gasteiger partial charge in [0, 0.05) is 6.54 Å². The molecule has 1 aromatic carbocycles. The summed E-state index contributed by atoms with van der Waals surface area (Å²) in [4.78, 5) is -0.0889. The van der Waals surface area contributed by atoms with Crippen LogP contribution < -0.4 is 4.72 Å². The van der Waals surface area contributed by atoms with Crippen molar-refractivity contribution in [3.05, 3.63) is 28.2 Å². The second-order valence-electron chi connectivity index (χ2n) is 4.62. The summed E-state index contributed by atoms with van der Waals surface area (Å²) in [6.07, 6.45) is 1.26. The molecule has 0 amide bonds. The maximum absolute atomic E-state index is 12.1. The highest BCUT2D eigenvalue weighted by atomic mass is 35.5. The molecule has 0 aliphatic carbocycles. The predicted octanol–water partition coefficient (Wildman–Crippen LogP) is 2.82. The lowest BCUT2D eigenvalue weighted by atomic mass is 10.0. The Balaban J connectivity index is 2.91. The molecule has 0 aromatic heterocycles. The molecule has 0 bridgehead atoms. The molecule has 0 heterocycles. The van der Waals surface area contributed by atoms with Crippen LogP contribution in [0.25, 0.3) is 0 Å². The van der Waals surface area contributed by atoms with Gasteiger partial charge in [-0.15, -0.1) is 0 Å². The van der Waals surface area contributed by atoms with Crippen LogP contribution in [0.1, 0.15) is 26.7 Å². The molecule has 0 aliphatic rings. The van der Waals surface area contributed by atoms with E-state index in [1.54, 1.807) is 6.92 Å². The minimum absolute atomic E-state index is 0.0215. The highest BCUT2D eigenvalue weighted by molar-refractivity contribution is 7.89. The monoisotopic (exact) mass is 325 g/mol. The van der Waals surface area contributed by atoms with Crippen molar-refractivity contribution in [3.8, 4) is 0 Å². The zero-order valence-electron chi connectivity index (χ0n) is 10.8. The van der Waals surface area contributed by atoms with Gasteiger partial charge in [0.1, 0.15) is 4.90 Å². The van der Waals surface area contributed by atoms with Crippen LogP contribution in [-0.2, 0) is 10.0 Å². The molecule has 0 saturated carbocycles. The van der Waals surface area contributed by atoms with E-state index in [0.717, 1.165) is 6.42 Å². The first-order valence-electron chi connectivity index (χ1n) is 5.85. The van der Waals surface area contributed by atoms with Gasteiger partial charge in [-0.3, -0.25) is 0 Å². The molecule has 1 atom stereocenters. The van der Waals surface area contributed by atoms with Crippen molar-refractivity contribution in [2.24, 2.45) is 0 Å². The molecule has 0 saturated heterocycles. The van der Waals surface area contributed by atoms with Gasteiger partial charge >= 0.3 is 0 Å². The van der Waals surface area contributed by atoms with E-state index in [2.05, 4.69) is 4.72 Å². The van der Waals surface area contributed by atoms with Gasteiger partial charge < -0.3 is 5.11 Å². The lowest BCUT2D eigenvalue weighted by Crippen LogP contribution is -2.40. The normalized spacial score (nSPS) is 15.2. The molecule has 7 heteroatoms. The van der Waals surface area contributed by atoms with Crippen molar-refractivity contribution < 1.29 is 13.5 Å². The van der Waals surface area contributed by atoms with E-state index in [0.29, 0.717) is 6.42 Å². The number of nitrogens with one attached hydrogen (secondary N) is 1. The number of aliphatic hydroxyl groups is 1. The van der Waals surface area contributed by atoms with Gasteiger partial charge in [0.2, 0.25) is 10.0 Å². The molecule has 1 rings (SSSR count). The van der Waals surface area contributed by atoms with E-state index in [1.165, 1.54) is 18.2 Å². The van der Waals surface area contributed by atoms with Crippen LogP contribution in [-0.4, -0.2) is 25.7 Å². The van der Waals surface area contributed by atoms with E-state index >= 15 is 0 Å². The Morgan fingerprint density at radius 2 is 2.00 bits per heavy atom. The van der Waals surface area contributed by atoms with Crippen LogP contribution in [0.4, 0.5) is 0 Å². The SMILES string of the molecule is CCCC(C)(O)CNS(=O)(=O)c1cccc(Cl)c1Cl. The maximum Gasteiger partial charge on any atom is 0.242 e. The van der Waals surface area contributed by atoms with Gasteiger partial charge in [-0.2, -0.15) is 0 Å². The van der Waals surface area contributed by atoms with E-state index < -0.39 is 15.6 Å². The molecule has 19 heavy (non-hydrogen) atoms. The zero-order chi connectivity index (χ0) is 14.7. The number of hydrogen-bond donors (Lipinski definition) is 2. The van der Waals surface area contributed by atoms with Crippen molar-refractivity contribution in [2.75, 3.05) is 6.54 Å². The molecule has 2 N–H and O–H groups in total. The second-order valence-corrected chi connectivity index (χ2v) is 7.14. The Kier molecular flexibility index (Phi) is 5.65. The van der Waals surface area contributed by atoms with E-state index in [9.17, 15) is 13.5 Å². The Labute approximate surface area is 123 Å². The number of benzene rings is 1. The first kappa shape index (κ1) is 16.7. The average Bonchev–Trinajstić information content (AvgIpc) is 2.30. The van der Waals surface area contributed by atoms with Crippen molar-refractivity contribution in [2.45, 2.75) is 37.2 Å². The topological polar surface area (TPSA) is 66.4 Å². The summed E-state index contributed by atoms with van der Waals surface area (Å²) in [5.74, 6) is 0. The minimum atomic E-state index is -3.79. The molecule has 4 nitrogen and oxygen atoms in total. The summed E-state index contributed by atoms with van der Waals surface area (Å²) in [6, 6.07) is 4.38. The fourth-order valence-electron chi connectivity index (χ4n) is 1.65. The molecule has 0 fully saturated rings. The quantitative estimate of drug-likeness (QED) is 0.845. The van der Waals surface area contributed by atoms with E-state index in [4.69, 9.17) is 23.2 Å². The van der Waals surface area contributed by atoms with Crippen molar-refractivity contribution in [1.82, 2.24) is 4.72 Å².